The van der Waals surface area contributed by atoms with E-state index in [1.165, 1.54) is 0 Å². The Morgan fingerprint density at radius 1 is 1.67 bits per heavy atom. The van der Waals surface area contributed by atoms with E-state index >= 15 is 0 Å². The second-order valence-corrected chi connectivity index (χ2v) is 2.60. The van der Waals surface area contributed by atoms with Gasteiger partial charge in [-0.2, -0.15) is 0 Å². The van der Waals surface area contributed by atoms with E-state index in [9.17, 15) is 9.59 Å². The van der Waals surface area contributed by atoms with E-state index in [-0.39, 0.29) is 12.4 Å². The van der Waals surface area contributed by atoms with Crippen LogP contribution >= 0.6 is 0 Å². The van der Waals surface area contributed by atoms with Crippen molar-refractivity contribution in [3.05, 3.63) is 11.8 Å². The van der Waals surface area contributed by atoms with Gasteiger partial charge in [0.15, 0.2) is 0 Å². The minimum absolute atomic E-state index is 0.120. The first-order valence-electron chi connectivity index (χ1n) is 3.80. The van der Waals surface area contributed by atoms with Gasteiger partial charge in [0.25, 0.3) is 0 Å². The fraction of sp³-hybridized carbons (Fsp3) is 0.500. The quantitative estimate of drug-likeness (QED) is 0.641. The van der Waals surface area contributed by atoms with Crippen molar-refractivity contribution in [3.8, 4) is 0 Å². The lowest BCUT2D eigenvalue weighted by Crippen LogP contribution is -1.97. The van der Waals surface area contributed by atoms with Crippen LogP contribution in [0.5, 0.6) is 0 Å². The van der Waals surface area contributed by atoms with E-state index in [0.29, 0.717) is 25.0 Å². The number of hydrogen-bond donors (Lipinski definition) is 1. The number of carbonyl (C=O) groups excluding carboxylic acids is 1. The molecule has 1 aliphatic rings. The highest BCUT2D eigenvalue weighted by atomic mass is 16.5. The average molecular weight is 170 g/mol. The van der Waals surface area contributed by atoms with Gasteiger partial charge in [0.05, 0.1) is 6.42 Å². The van der Waals surface area contributed by atoms with Gasteiger partial charge in [-0.15, -0.1) is 0 Å². The molecule has 0 radical (unpaired) electrons. The third-order valence-electron chi connectivity index (χ3n) is 1.56. The van der Waals surface area contributed by atoms with Crippen LogP contribution in [0, 0.1) is 0 Å². The van der Waals surface area contributed by atoms with Crippen LogP contribution in [-0.2, 0) is 14.3 Å². The van der Waals surface area contributed by atoms with Crippen LogP contribution in [0.15, 0.2) is 11.8 Å². The summed E-state index contributed by atoms with van der Waals surface area (Å²) in [5, 5.41) is 8.31. The van der Waals surface area contributed by atoms with E-state index in [4.69, 9.17) is 9.84 Å². The zero-order valence-electron chi connectivity index (χ0n) is 6.58. The molecule has 0 aromatic carbocycles. The summed E-state index contributed by atoms with van der Waals surface area (Å²) in [6.45, 7) is 0. The fourth-order valence-corrected chi connectivity index (χ4v) is 0.994. The van der Waals surface area contributed by atoms with Gasteiger partial charge in [0, 0.05) is 12.8 Å². The summed E-state index contributed by atoms with van der Waals surface area (Å²) in [6, 6.07) is 0. The lowest BCUT2D eigenvalue weighted by Gasteiger charge is -1.99. The Bertz CT molecular complexity index is 229. The van der Waals surface area contributed by atoms with Crippen molar-refractivity contribution < 1.29 is 19.4 Å². The molecule has 1 heterocycles. The molecule has 0 aromatic rings. The summed E-state index contributed by atoms with van der Waals surface area (Å²) in [6.07, 6.45) is 3.20. The van der Waals surface area contributed by atoms with Gasteiger partial charge < -0.3 is 9.84 Å². The molecular formula is C8H10O4. The van der Waals surface area contributed by atoms with Crippen molar-refractivity contribution in [1.29, 1.82) is 0 Å². The summed E-state index contributed by atoms with van der Waals surface area (Å²) in [4.78, 5) is 20.7. The molecular weight excluding hydrogens is 160 g/mol. The van der Waals surface area contributed by atoms with Crippen molar-refractivity contribution in [3.63, 3.8) is 0 Å². The summed E-state index contributed by atoms with van der Waals surface area (Å²) >= 11 is 0. The summed E-state index contributed by atoms with van der Waals surface area (Å²) < 4.78 is 4.77. The van der Waals surface area contributed by atoms with E-state index in [1.54, 1.807) is 6.08 Å². The Kier molecular flexibility index (Phi) is 2.85. The molecule has 0 atom stereocenters. The Labute approximate surface area is 69.8 Å². The van der Waals surface area contributed by atoms with E-state index in [0.717, 1.165) is 0 Å². The summed E-state index contributed by atoms with van der Waals surface area (Å²) in [5.74, 6) is -0.457. The summed E-state index contributed by atoms with van der Waals surface area (Å²) in [7, 11) is 0. The van der Waals surface area contributed by atoms with Crippen molar-refractivity contribution in [2.75, 3.05) is 0 Å². The number of carboxylic acid groups (broad SMARTS) is 1. The third-order valence-corrected chi connectivity index (χ3v) is 1.56. The lowest BCUT2D eigenvalue weighted by molar-refractivity contribution is -0.137. The minimum atomic E-state index is -0.820. The zero-order valence-corrected chi connectivity index (χ0v) is 6.58. The number of rotatable bonds is 4. The highest BCUT2D eigenvalue weighted by Gasteiger charge is 2.13. The van der Waals surface area contributed by atoms with Gasteiger partial charge in [-0.25, -0.2) is 0 Å². The molecule has 0 fully saturated rings. The number of allylic oxidation sites excluding steroid dienone is 1. The second kappa shape index (κ2) is 3.90. The van der Waals surface area contributed by atoms with E-state index in [2.05, 4.69) is 0 Å². The predicted molar refractivity (Wildman–Crippen MR) is 40.3 cm³/mol. The molecule has 1 N–H and O–H groups in total. The van der Waals surface area contributed by atoms with Crippen molar-refractivity contribution in [1.82, 2.24) is 0 Å². The van der Waals surface area contributed by atoms with E-state index < -0.39 is 5.97 Å². The molecule has 4 nitrogen and oxygen atoms in total. The smallest absolute Gasteiger partial charge is 0.314 e. The molecule has 0 unspecified atom stereocenters. The van der Waals surface area contributed by atoms with Crippen LogP contribution in [-0.4, -0.2) is 17.0 Å². The molecule has 0 amide bonds. The molecule has 1 aliphatic heterocycles. The van der Waals surface area contributed by atoms with Crippen LogP contribution in [0.2, 0.25) is 0 Å². The first kappa shape index (κ1) is 8.77. The Balaban J connectivity index is 2.16. The normalized spacial score (nSPS) is 15.7. The lowest BCUT2D eigenvalue weighted by atomic mass is 10.2. The first-order valence-corrected chi connectivity index (χ1v) is 3.80. The molecule has 0 aliphatic carbocycles. The molecule has 0 aromatic heterocycles. The fourth-order valence-electron chi connectivity index (χ4n) is 0.994. The van der Waals surface area contributed by atoms with Crippen LogP contribution in [0.1, 0.15) is 25.7 Å². The number of esters is 1. The predicted octanol–water partition coefficient (Wildman–Crippen LogP) is 1.07. The standard InChI is InChI=1S/C8H10O4/c9-7(10)3-1-2-6-4-5-8(11)12-6/h4H,1-3,5H2,(H,9,10). The van der Waals surface area contributed by atoms with Crippen molar-refractivity contribution >= 4 is 11.9 Å². The Morgan fingerprint density at radius 3 is 2.92 bits per heavy atom. The van der Waals surface area contributed by atoms with E-state index in [1.807, 2.05) is 0 Å². The van der Waals surface area contributed by atoms with Crippen molar-refractivity contribution in [2.24, 2.45) is 0 Å². The molecule has 66 valence electrons. The number of ether oxygens (including phenoxy) is 1. The largest absolute Gasteiger partial charge is 0.481 e. The second-order valence-electron chi connectivity index (χ2n) is 2.60. The molecule has 12 heavy (non-hydrogen) atoms. The molecule has 0 bridgehead atoms. The third kappa shape index (κ3) is 2.74. The van der Waals surface area contributed by atoms with Crippen molar-refractivity contribution in [2.45, 2.75) is 25.7 Å². The van der Waals surface area contributed by atoms with Gasteiger partial charge in [-0.1, -0.05) is 0 Å². The van der Waals surface area contributed by atoms with Gasteiger partial charge in [-0.05, 0) is 12.5 Å². The SMILES string of the molecule is O=C(O)CCCC1=CCC(=O)O1. The monoisotopic (exact) mass is 170 g/mol. The highest BCUT2D eigenvalue weighted by molar-refractivity contribution is 5.75. The number of aliphatic carboxylic acids is 1. The maximum Gasteiger partial charge on any atom is 0.314 e. The number of cyclic esters (lactones) is 1. The maximum absolute atomic E-state index is 10.6. The molecule has 0 saturated heterocycles. The minimum Gasteiger partial charge on any atom is -0.481 e. The number of carboxylic acids is 1. The van der Waals surface area contributed by atoms with Crippen LogP contribution in [0.3, 0.4) is 0 Å². The summed E-state index contributed by atoms with van der Waals surface area (Å²) in [5.41, 5.74) is 0. The Morgan fingerprint density at radius 2 is 2.42 bits per heavy atom. The Hall–Kier alpha value is -1.32. The average Bonchev–Trinajstić information content (AvgIpc) is 2.35. The van der Waals surface area contributed by atoms with Gasteiger partial charge >= 0.3 is 11.9 Å². The number of hydrogen-bond acceptors (Lipinski definition) is 3. The first-order chi connectivity index (χ1) is 5.68. The maximum atomic E-state index is 10.6. The van der Waals surface area contributed by atoms with Crippen LogP contribution in [0.4, 0.5) is 0 Å². The molecule has 0 spiro atoms. The topological polar surface area (TPSA) is 63.6 Å². The number of carbonyl (C=O) groups is 2. The molecule has 4 heteroatoms. The molecule has 1 rings (SSSR count). The van der Waals surface area contributed by atoms with Gasteiger partial charge in [0.1, 0.15) is 5.76 Å². The van der Waals surface area contributed by atoms with Gasteiger partial charge in [-0.3, -0.25) is 9.59 Å². The zero-order chi connectivity index (χ0) is 8.97. The molecule has 0 saturated carbocycles. The van der Waals surface area contributed by atoms with Crippen LogP contribution < -0.4 is 0 Å². The van der Waals surface area contributed by atoms with Crippen LogP contribution in [0.25, 0.3) is 0 Å². The van der Waals surface area contributed by atoms with Gasteiger partial charge in [0.2, 0.25) is 0 Å². The highest BCUT2D eigenvalue weighted by Crippen LogP contribution is 2.16.